The molecule has 2 aromatic rings. The van der Waals surface area contributed by atoms with Crippen molar-refractivity contribution in [2.45, 2.75) is 26.1 Å². The normalized spacial score (nSPS) is 11.6. The first kappa shape index (κ1) is 13.4. The van der Waals surface area contributed by atoms with Crippen LogP contribution in [-0.4, -0.2) is 9.97 Å². The molecule has 2 rings (SSSR count). The van der Waals surface area contributed by atoms with E-state index in [1.165, 1.54) is 12.3 Å². The number of oxazole rings is 1. The van der Waals surface area contributed by atoms with Crippen molar-refractivity contribution in [1.82, 2.24) is 9.97 Å². The van der Waals surface area contributed by atoms with Gasteiger partial charge in [-0.3, -0.25) is 0 Å². The standard InChI is InChI=1S/C12H12F3N3O/c1-2-8-6-17-10(19-8)7-18-11-9(12(13,14)15)4-3-5-16-11/h3-6H,2,7H2,1H3,(H,16,18). The summed E-state index contributed by atoms with van der Waals surface area (Å²) in [6, 6.07) is 2.22. The molecule has 1 N–H and O–H groups in total. The SMILES string of the molecule is CCc1cnc(CNc2ncccc2C(F)(F)F)o1. The number of hydrogen-bond donors (Lipinski definition) is 1. The Balaban J connectivity index is 2.11. The zero-order chi connectivity index (χ0) is 13.9. The van der Waals surface area contributed by atoms with Gasteiger partial charge in [-0.2, -0.15) is 13.2 Å². The molecular weight excluding hydrogens is 259 g/mol. The van der Waals surface area contributed by atoms with Gasteiger partial charge in [-0.25, -0.2) is 9.97 Å². The number of pyridine rings is 1. The van der Waals surface area contributed by atoms with Crippen molar-refractivity contribution < 1.29 is 17.6 Å². The van der Waals surface area contributed by atoms with Crippen molar-refractivity contribution in [3.05, 3.63) is 41.7 Å². The molecule has 102 valence electrons. The molecule has 0 bridgehead atoms. The van der Waals surface area contributed by atoms with Crippen LogP contribution in [0.1, 0.15) is 24.1 Å². The van der Waals surface area contributed by atoms with Crippen molar-refractivity contribution >= 4 is 5.82 Å². The molecule has 0 aromatic carbocycles. The van der Waals surface area contributed by atoms with Crippen molar-refractivity contribution in [2.24, 2.45) is 0 Å². The van der Waals surface area contributed by atoms with Crippen LogP contribution in [0.25, 0.3) is 0 Å². The molecule has 0 unspecified atom stereocenters. The van der Waals surface area contributed by atoms with E-state index in [1.54, 1.807) is 6.20 Å². The van der Waals surface area contributed by atoms with Crippen LogP contribution in [0.2, 0.25) is 0 Å². The summed E-state index contributed by atoms with van der Waals surface area (Å²) >= 11 is 0. The molecule has 2 aromatic heterocycles. The Morgan fingerprint density at radius 1 is 1.32 bits per heavy atom. The largest absolute Gasteiger partial charge is 0.444 e. The molecule has 0 spiro atoms. The lowest BCUT2D eigenvalue weighted by atomic mass is 10.2. The lowest BCUT2D eigenvalue weighted by Gasteiger charge is -2.11. The highest BCUT2D eigenvalue weighted by Crippen LogP contribution is 2.33. The number of aryl methyl sites for hydroxylation is 1. The molecule has 0 atom stereocenters. The fraction of sp³-hybridized carbons (Fsp3) is 0.333. The van der Waals surface area contributed by atoms with E-state index in [0.29, 0.717) is 18.1 Å². The smallest absolute Gasteiger partial charge is 0.419 e. The van der Waals surface area contributed by atoms with Crippen LogP contribution in [0.5, 0.6) is 0 Å². The average molecular weight is 271 g/mol. The zero-order valence-corrected chi connectivity index (χ0v) is 10.2. The monoisotopic (exact) mass is 271 g/mol. The first-order chi connectivity index (χ1) is 9.00. The molecule has 0 saturated carbocycles. The van der Waals surface area contributed by atoms with Crippen LogP contribution in [0.15, 0.2) is 28.9 Å². The molecule has 0 aliphatic heterocycles. The van der Waals surface area contributed by atoms with Gasteiger partial charge < -0.3 is 9.73 Å². The Kier molecular flexibility index (Phi) is 3.73. The van der Waals surface area contributed by atoms with Gasteiger partial charge in [-0.05, 0) is 12.1 Å². The van der Waals surface area contributed by atoms with Crippen LogP contribution >= 0.6 is 0 Å². The minimum atomic E-state index is -4.44. The number of anilines is 1. The first-order valence-corrected chi connectivity index (χ1v) is 5.70. The van der Waals surface area contributed by atoms with Gasteiger partial charge in [-0.1, -0.05) is 6.92 Å². The van der Waals surface area contributed by atoms with E-state index in [9.17, 15) is 13.2 Å². The van der Waals surface area contributed by atoms with Gasteiger partial charge in [0.25, 0.3) is 0 Å². The van der Waals surface area contributed by atoms with Crippen LogP contribution < -0.4 is 5.32 Å². The predicted octanol–water partition coefficient (Wildman–Crippen LogP) is 3.26. The van der Waals surface area contributed by atoms with E-state index in [1.807, 2.05) is 6.92 Å². The molecule has 4 nitrogen and oxygen atoms in total. The molecule has 0 saturated heterocycles. The second-order valence-electron chi connectivity index (χ2n) is 3.82. The molecule has 7 heteroatoms. The van der Waals surface area contributed by atoms with Gasteiger partial charge >= 0.3 is 6.18 Å². The van der Waals surface area contributed by atoms with E-state index in [-0.39, 0.29) is 12.4 Å². The summed E-state index contributed by atoms with van der Waals surface area (Å²) < 4.78 is 43.4. The highest BCUT2D eigenvalue weighted by molar-refractivity contribution is 5.45. The molecule has 19 heavy (non-hydrogen) atoms. The van der Waals surface area contributed by atoms with E-state index >= 15 is 0 Å². The Hall–Kier alpha value is -2.05. The van der Waals surface area contributed by atoms with Crippen molar-refractivity contribution in [3.8, 4) is 0 Å². The van der Waals surface area contributed by atoms with E-state index < -0.39 is 11.7 Å². The Labute approximate surface area is 107 Å². The summed E-state index contributed by atoms with van der Waals surface area (Å²) in [7, 11) is 0. The van der Waals surface area contributed by atoms with Gasteiger partial charge in [0.2, 0.25) is 5.89 Å². The van der Waals surface area contributed by atoms with Crippen LogP contribution in [-0.2, 0) is 19.1 Å². The maximum absolute atomic E-state index is 12.7. The summed E-state index contributed by atoms with van der Waals surface area (Å²) in [5.74, 6) is 0.788. The molecule has 0 amide bonds. The minimum absolute atomic E-state index is 0.0556. The fourth-order valence-corrected chi connectivity index (χ4v) is 1.53. The molecule has 0 fully saturated rings. The maximum Gasteiger partial charge on any atom is 0.419 e. The molecule has 2 heterocycles. The van der Waals surface area contributed by atoms with Gasteiger partial charge in [0.15, 0.2) is 0 Å². The summed E-state index contributed by atoms with van der Waals surface area (Å²) in [6.45, 7) is 1.96. The first-order valence-electron chi connectivity index (χ1n) is 5.70. The van der Waals surface area contributed by atoms with Crippen molar-refractivity contribution in [1.29, 1.82) is 0 Å². The Morgan fingerprint density at radius 2 is 2.11 bits per heavy atom. The Bertz CT molecular complexity index is 551. The number of hydrogen-bond acceptors (Lipinski definition) is 4. The number of halogens is 3. The van der Waals surface area contributed by atoms with Gasteiger partial charge in [0.1, 0.15) is 11.6 Å². The highest BCUT2D eigenvalue weighted by atomic mass is 19.4. The van der Waals surface area contributed by atoms with Crippen LogP contribution in [0, 0.1) is 0 Å². The summed E-state index contributed by atoms with van der Waals surface area (Å²) in [5, 5.41) is 2.59. The molecule has 0 aliphatic carbocycles. The second kappa shape index (κ2) is 5.29. The van der Waals surface area contributed by atoms with Crippen LogP contribution in [0.3, 0.4) is 0 Å². The van der Waals surface area contributed by atoms with E-state index in [0.717, 1.165) is 6.07 Å². The van der Waals surface area contributed by atoms with Crippen LogP contribution in [0.4, 0.5) is 19.0 Å². The van der Waals surface area contributed by atoms with Gasteiger partial charge in [0, 0.05) is 12.6 Å². The molecular formula is C12H12F3N3O. The predicted molar refractivity (Wildman–Crippen MR) is 62.4 cm³/mol. The number of rotatable bonds is 4. The third-order valence-corrected chi connectivity index (χ3v) is 2.47. The number of nitrogens with one attached hydrogen (secondary N) is 1. The number of alkyl halides is 3. The van der Waals surface area contributed by atoms with Gasteiger partial charge in [0.05, 0.1) is 18.3 Å². The third-order valence-electron chi connectivity index (χ3n) is 2.47. The topological polar surface area (TPSA) is 51.0 Å². The maximum atomic E-state index is 12.7. The zero-order valence-electron chi connectivity index (χ0n) is 10.2. The highest BCUT2D eigenvalue weighted by Gasteiger charge is 2.34. The lowest BCUT2D eigenvalue weighted by molar-refractivity contribution is -0.137. The second-order valence-corrected chi connectivity index (χ2v) is 3.82. The number of aromatic nitrogens is 2. The average Bonchev–Trinajstić information content (AvgIpc) is 2.83. The molecule has 0 radical (unpaired) electrons. The summed E-state index contributed by atoms with van der Waals surface area (Å²) in [6.07, 6.45) is -0.906. The van der Waals surface area contributed by atoms with E-state index in [2.05, 4.69) is 15.3 Å². The quantitative estimate of drug-likeness (QED) is 0.927. The van der Waals surface area contributed by atoms with E-state index in [4.69, 9.17) is 4.42 Å². The van der Waals surface area contributed by atoms with Gasteiger partial charge in [-0.15, -0.1) is 0 Å². The van der Waals surface area contributed by atoms with Crippen molar-refractivity contribution in [2.75, 3.05) is 5.32 Å². The summed E-state index contributed by atoms with van der Waals surface area (Å²) in [4.78, 5) is 7.64. The fourth-order valence-electron chi connectivity index (χ4n) is 1.53. The minimum Gasteiger partial charge on any atom is -0.444 e. The summed E-state index contributed by atoms with van der Waals surface area (Å²) in [5.41, 5.74) is -0.808. The third kappa shape index (κ3) is 3.24. The van der Waals surface area contributed by atoms with Crippen molar-refractivity contribution in [3.63, 3.8) is 0 Å². The Morgan fingerprint density at radius 3 is 2.74 bits per heavy atom. The molecule has 0 aliphatic rings. The lowest BCUT2D eigenvalue weighted by Crippen LogP contribution is -2.12. The number of nitrogens with zero attached hydrogens (tertiary/aromatic N) is 2.